The topological polar surface area (TPSA) is 68.0 Å². The van der Waals surface area contributed by atoms with Crippen LogP contribution in [0.25, 0.3) is 0 Å². The summed E-state index contributed by atoms with van der Waals surface area (Å²) in [5, 5.41) is 3.58. The number of rotatable bonds is 2. The molecule has 0 aliphatic rings. The molecule has 0 spiro atoms. The number of hydrogen-bond acceptors (Lipinski definition) is 4. The van der Waals surface area contributed by atoms with E-state index < -0.39 is 0 Å². The summed E-state index contributed by atoms with van der Waals surface area (Å²) < 4.78 is 0.836. The molecule has 0 radical (unpaired) electrons. The van der Waals surface area contributed by atoms with E-state index in [1.165, 1.54) is 0 Å². The summed E-state index contributed by atoms with van der Waals surface area (Å²) in [5.74, 6) is -0.262. The van der Waals surface area contributed by atoms with Crippen molar-refractivity contribution in [3.63, 3.8) is 0 Å². The molecular weight excluding hydrogens is 338 g/mol. The second kappa shape index (κ2) is 5.26. The predicted octanol–water partition coefficient (Wildman–Crippen LogP) is 3.70. The van der Waals surface area contributed by atoms with Gasteiger partial charge in [-0.1, -0.05) is 38.9 Å². The van der Waals surface area contributed by atoms with Crippen molar-refractivity contribution in [3.8, 4) is 0 Å². The number of nitrogens with two attached hydrogens (primary N) is 1. The number of amides is 1. The molecule has 0 bridgehead atoms. The molecule has 3 N–H and O–H groups in total. The lowest BCUT2D eigenvalue weighted by Crippen LogP contribution is -2.11. The zero-order valence-corrected chi connectivity index (χ0v) is 12.5. The number of carbonyl (C=O) groups is 1. The van der Waals surface area contributed by atoms with E-state index in [2.05, 4.69) is 26.2 Å². The molecule has 0 aliphatic carbocycles. The molecule has 0 saturated carbocycles. The van der Waals surface area contributed by atoms with E-state index in [1.54, 1.807) is 25.1 Å². The van der Waals surface area contributed by atoms with Crippen molar-refractivity contribution in [2.75, 3.05) is 11.1 Å². The minimum atomic E-state index is -0.262. The maximum Gasteiger partial charge on any atom is 0.267 e. The number of nitrogens with zero attached hydrogens (tertiary/aromatic N) is 1. The van der Waals surface area contributed by atoms with Gasteiger partial charge in [-0.3, -0.25) is 4.79 Å². The fourth-order valence-electron chi connectivity index (χ4n) is 1.40. The molecule has 1 aromatic carbocycles. The van der Waals surface area contributed by atoms with E-state index in [9.17, 15) is 4.79 Å². The Balaban J connectivity index is 2.26. The SMILES string of the molecule is Cc1nc(N)sc1C(=O)Nc1cc(Br)ccc1Cl. The number of benzene rings is 1. The van der Waals surface area contributed by atoms with E-state index in [0.717, 1.165) is 15.8 Å². The zero-order chi connectivity index (χ0) is 13.3. The highest BCUT2D eigenvalue weighted by Gasteiger charge is 2.15. The van der Waals surface area contributed by atoms with Gasteiger partial charge in [0.1, 0.15) is 4.88 Å². The first-order valence-corrected chi connectivity index (χ1v) is 6.95. The standard InChI is InChI=1S/C11H9BrClN3OS/c1-5-9(18-11(14)15-5)10(17)16-8-4-6(12)2-3-7(8)13/h2-4H,1H3,(H2,14,15)(H,16,17). The highest BCUT2D eigenvalue weighted by atomic mass is 79.9. The smallest absolute Gasteiger partial charge is 0.267 e. The first-order chi connectivity index (χ1) is 8.47. The van der Waals surface area contributed by atoms with Gasteiger partial charge in [0.05, 0.1) is 16.4 Å². The Morgan fingerprint density at radius 3 is 2.89 bits per heavy atom. The molecule has 1 aromatic heterocycles. The second-order valence-corrected chi connectivity index (χ2v) is 5.90. The van der Waals surface area contributed by atoms with Crippen molar-refractivity contribution < 1.29 is 4.79 Å². The second-order valence-electron chi connectivity index (χ2n) is 3.54. The average molecular weight is 347 g/mol. The van der Waals surface area contributed by atoms with Crippen LogP contribution in [-0.4, -0.2) is 10.9 Å². The maximum absolute atomic E-state index is 12.0. The van der Waals surface area contributed by atoms with Gasteiger partial charge in [0, 0.05) is 4.47 Å². The molecule has 0 atom stereocenters. The normalized spacial score (nSPS) is 10.4. The minimum absolute atomic E-state index is 0.262. The van der Waals surface area contributed by atoms with Gasteiger partial charge in [0.2, 0.25) is 0 Å². The number of nitrogens with one attached hydrogen (secondary N) is 1. The number of halogens is 2. The number of hydrogen-bond donors (Lipinski definition) is 2. The van der Waals surface area contributed by atoms with Crippen LogP contribution in [0, 0.1) is 6.92 Å². The molecule has 0 aliphatic heterocycles. The van der Waals surface area contributed by atoms with Crippen LogP contribution in [0.4, 0.5) is 10.8 Å². The van der Waals surface area contributed by atoms with Gasteiger partial charge in [-0.05, 0) is 25.1 Å². The lowest BCUT2D eigenvalue weighted by Gasteiger charge is -2.06. The molecule has 94 valence electrons. The van der Waals surface area contributed by atoms with Gasteiger partial charge in [-0.25, -0.2) is 4.98 Å². The Morgan fingerprint density at radius 1 is 1.56 bits per heavy atom. The Hall–Kier alpha value is -1.11. The van der Waals surface area contributed by atoms with Crippen LogP contribution in [0.3, 0.4) is 0 Å². The lowest BCUT2D eigenvalue weighted by atomic mass is 10.3. The summed E-state index contributed by atoms with van der Waals surface area (Å²) in [5.41, 5.74) is 6.71. The zero-order valence-electron chi connectivity index (χ0n) is 9.33. The summed E-state index contributed by atoms with van der Waals surface area (Å²) in [7, 11) is 0. The highest BCUT2D eigenvalue weighted by Crippen LogP contribution is 2.27. The largest absolute Gasteiger partial charge is 0.375 e. The van der Waals surface area contributed by atoms with Crippen LogP contribution in [0.1, 0.15) is 15.4 Å². The van der Waals surface area contributed by atoms with E-state index in [0.29, 0.717) is 26.4 Å². The van der Waals surface area contributed by atoms with Crippen LogP contribution >= 0.6 is 38.9 Å². The van der Waals surface area contributed by atoms with Crippen molar-refractivity contribution >= 4 is 55.6 Å². The fourth-order valence-corrected chi connectivity index (χ4v) is 2.65. The Kier molecular flexibility index (Phi) is 3.89. The van der Waals surface area contributed by atoms with Gasteiger partial charge in [-0.2, -0.15) is 0 Å². The molecule has 2 rings (SSSR count). The third kappa shape index (κ3) is 2.82. The van der Waals surface area contributed by atoms with Gasteiger partial charge in [-0.15, -0.1) is 0 Å². The van der Waals surface area contributed by atoms with Gasteiger partial charge >= 0.3 is 0 Å². The molecule has 1 heterocycles. The lowest BCUT2D eigenvalue weighted by molar-refractivity contribution is 0.103. The first-order valence-electron chi connectivity index (χ1n) is 4.96. The molecule has 4 nitrogen and oxygen atoms in total. The van der Waals surface area contributed by atoms with Crippen molar-refractivity contribution in [2.45, 2.75) is 6.92 Å². The van der Waals surface area contributed by atoms with Crippen molar-refractivity contribution in [1.29, 1.82) is 0 Å². The van der Waals surface area contributed by atoms with E-state index in [4.69, 9.17) is 17.3 Å². The summed E-state index contributed by atoms with van der Waals surface area (Å²) in [6.45, 7) is 1.74. The minimum Gasteiger partial charge on any atom is -0.375 e. The third-order valence-electron chi connectivity index (χ3n) is 2.20. The molecule has 2 aromatic rings. The maximum atomic E-state index is 12.0. The molecule has 0 fully saturated rings. The summed E-state index contributed by atoms with van der Waals surface area (Å²) in [4.78, 5) is 16.5. The van der Waals surface area contributed by atoms with Crippen LogP contribution in [-0.2, 0) is 0 Å². The summed E-state index contributed by atoms with van der Waals surface area (Å²) >= 11 is 10.5. The Labute approximate surface area is 121 Å². The van der Waals surface area contributed by atoms with E-state index in [1.807, 2.05) is 0 Å². The Morgan fingerprint density at radius 2 is 2.28 bits per heavy atom. The highest BCUT2D eigenvalue weighted by molar-refractivity contribution is 9.10. The van der Waals surface area contributed by atoms with Crippen molar-refractivity contribution in [2.24, 2.45) is 0 Å². The third-order valence-corrected chi connectivity index (χ3v) is 4.00. The van der Waals surface area contributed by atoms with Crippen LogP contribution in [0.2, 0.25) is 5.02 Å². The average Bonchev–Trinajstić information content (AvgIpc) is 2.63. The molecular formula is C11H9BrClN3OS. The van der Waals surface area contributed by atoms with Crippen LogP contribution < -0.4 is 11.1 Å². The van der Waals surface area contributed by atoms with Gasteiger partial charge in [0.15, 0.2) is 5.13 Å². The number of carbonyl (C=O) groups excluding carboxylic acids is 1. The number of aryl methyl sites for hydroxylation is 1. The Bertz CT molecular complexity index is 614. The molecule has 7 heteroatoms. The number of aromatic nitrogens is 1. The number of nitrogen functional groups attached to an aromatic ring is 1. The molecule has 1 amide bonds. The monoisotopic (exact) mass is 345 g/mol. The predicted molar refractivity (Wildman–Crippen MR) is 78.4 cm³/mol. The quantitative estimate of drug-likeness (QED) is 0.871. The van der Waals surface area contributed by atoms with Crippen molar-refractivity contribution in [3.05, 3.63) is 38.3 Å². The van der Waals surface area contributed by atoms with E-state index in [-0.39, 0.29) is 5.91 Å². The van der Waals surface area contributed by atoms with Crippen molar-refractivity contribution in [1.82, 2.24) is 4.98 Å². The fraction of sp³-hybridized carbons (Fsp3) is 0.0909. The molecule has 0 unspecified atom stereocenters. The van der Waals surface area contributed by atoms with E-state index >= 15 is 0 Å². The van der Waals surface area contributed by atoms with Crippen LogP contribution in [0.5, 0.6) is 0 Å². The molecule has 0 saturated heterocycles. The first kappa shape index (κ1) is 13.3. The molecule has 18 heavy (non-hydrogen) atoms. The van der Waals surface area contributed by atoms with Crippen LogP contribution in [0.15, 0.2) is 22.7 Å². The number of anilines is 2. The number of thiazole rings is 1. The van der Waals surface area contributed by atoms with Gasteiger partial charge in [0.25, 0.3) is 5.91 Å². The van der Waals surface area contributed by atoms with Gasteiger partial charge < -0.3 is 11.1 Å². The summed E-state index contributed by atoms with van der Waals surface area (Å²) in [6.07, 6.45) is 0. The summed E-state index contributed by atoms with van der Waals surface area (Å²) in [6, 6.07) is 5.24.